The highest BCUT2D eigenvalue weighted by molar-refractivity contribution is 4.97. The molecule has 0 aliphatic carbocycles. The fourth-order valence-electron chi connectivity index (χ4n) is 4.68. The number of aliphatic hydroxyl groups excluding tert-OH is 4. The van der Waals surface area contributed by atoms with Gasteiger partial charge in [0.25, 0.3) is 0 Å². The fraction of sp³-hybridized carbons (Fsp3) is 1.00. The summed E-state index contributed by atoms with van der Waals surface area (Å²) >= 11 is 0. The van der Waals surface area contributed by atoms with Crippen molar-refractivity contribution in [1.29, 1.82) is 0 Å². The molecule has 0 spiro atoms. The van der Waals surface area contributed by atoms with Gasteiger partial charge in [0.1, 0.15) is 23.9 Å². The molecule has 0 aromatic rings. The first-order chi connectivity index (χ1) is 16.5. The fourth-order valence-corrected chi connectivity index (χ4v) is 4.68. The van der Waals surface area contributed by atoms with Crippen LogP contribution in [0.1, 0.15) is 136 Å². The average Bonchev–Trinajstić information content (AvgIpc) is 2.85. The number of hydrogen-bond acceptors (Lipinski definition) is 6. The minimum absolute atomic E-state index is 0.212. The molecule has 0 aromatic heterocycles. The molecule has 6 heteroatoms. The summed E-state index contributed by atoms with van der Waals surface area (Å²) in [5.74, 6) is 0. The molecular weight excluding hydrogens is 432 g/mol. The van der Waals surface area contributed by atoms with Gasteiger partial charge in [-0.3, -0.25) is 0 Å². The van der Waals surface area contributed by atoms with E-state index >= 15 is 0 Å². The molecule has 0 bridgehead atoms. The summed E-state index contributed by atoms with van der Waals surface area (Å²) in [4.78, 5) is 0. The third kappa shape index (κ3) is 15.7. The van der Waals surface area contributed by atoms with Crippen LogP contribution in [0.4, 0.5) is 0 Å². The molecule has 0 amide bonds. The van der Waals surface area contributed by atoms with E-state index in [1.54, 1.807) is 0 Å². The van der Waals surface area contributed by atoms with Gasteiger partial charge < -0.3 is 30.3 Å². The number of rotatable bonds is 26. The molecule has 4 unspecified atom stereocenters. The molecule has 0 radical (unpaired) electrons. The van der Waals surface area contributed by atoms with Gasteiger partial charge in [0, 0.05) is 6.61 Å². The van der Waals surface area contributed by atoms with Crippen molar-refractivity contribution < 1.29 is 30.3 Å². The zero-order valence-corrected chi connectivity index (χ0v) is 22.4. The van der Waals surface area contributed by atoms with E-state index < -0.39 is 37.1 Å². The summed E-state index contributed by atoms with van der Waals surface area (Å²) in [6, 6.07) is 0. The molecule has 0 fully saturated rings. The first kappa shape index (κ1) is 33.8. The quantitative estimate of drug-likeness (QED) is 0.106. The highest BCUT2D eigenvalue weighted by atomic mass is 16.5. The van der Waals surface area contributed by atoms with Crippen molar-refractivity contribution in [2.45, 2.75) is 160 Å². The Labute approximate surface area is 210 Å². The minimum Gasteiger partial charge on any atom is -0.394 e. The summed E-state index contributed by atoms with van der Waals surface area (Å²) in [6.45, 7) is 3.58. The van der Waals surface area contributed by atoms with E-state index in [9.17, 15) is 25.5 Å². The molecule has 4 atom stereocenters. The first-order valence-corrected chi connectivity index (χ1v) is 14.4. The van der Waals surface area contributed by atoms with Gasteiger partial charge >= 0.3 is 0 Å². The Hall–Kier alpha value is -0.240. The normalized spacial score (nSPS) is 16.3. The van der Waals surface area contributed by atoms with Crippen molar-refractivity contribution in [3.05, 3.63) is 0 Å². The molecule has 0 saturated heterocycles. The van der Waals surface area contributed by atoms with E-state index in [4.69, 9.17) is 4.74 Å². The molecule has 0 saturated carbocycles. The lowest BCUT2D eigenvalue weighted by atomic mass is 9.82. The number of unbranched alkanes of at least 4 members (excludes halogenated alkanes) is 16. The van der Waals surface area contributed by atoms with E-state index in [0.29, 0.717) is 13.0 Å². The molecule has 0 rings (SSSR count). The van der Waals surface area contributed by atoms with Gasteiger partial charge in [-0.05, 0) is 12.8 Å². The third-order valence-electron chi connectivity index (χ3n) is 7.01. The lowest BCUT2D eigenvalue weighted by Crippen LogP contribution is -2.59. The Morgan fingerprint density at radius 2 is 1.00 bits per heavy atom. The van der Waals surface area contributed by atoms with Crippen molar-refractivity contribution in [3.8, 4) is 0 Å². The molecule has 34 heavy (non-hydrogen) atoms. The Balaban J connectivity index is 4.47. The van der Waals surface area contributed by atoms with Gasteiger partial charge in [0.05, 0.1) is 13.2 Å². The van der Waals surface area contributed by atoms with Crippen LogP contribution in [0.5, 0.6) is 0 Å². The Bertz CT molecular complexity index is 422. The molecule has 5 N–H and O–H groups in total. The SMILES string of the molecule is CCCCCCCCCCCOC(C(O)CO)C(O)(CCCCCCCCCCC)C(O)CO. The van der Waals surface area contributed by atoms with Crippen LogP contribution in [-0.4, -0.2) is 69.3 Å². The lowest BCUT2D eigenvalue weighted by molar-refractivity contribution is -0.211. The third-order valence-corrected chi connectivity index (χ3v) is 7.01. The van der Waals surface area contributed by atoms with Gasteiger partial charge in [0.2, 0.25) is 0 Å². The highest BCUT2D eigenvalue weighted by Gasteiger charge is 2.46. The summed E-state index contributed by atoms with van der Waals surface area (Å²) in [6.07, 6.45) is 17.0. The molecule has 0 aromatic carbocycles. The van der Waals surface area contributed by atoms with Gasteiger partial charge in [-0.25, -0.2) is 0 Å². The summed E-state index contributed by atoms with van der Waals surface area (Å²) < 4.78 is 5.84. The summed E-state index contributed by atoms with van der Waals surface area (Å²) in [7, 11) is 0. The van der Waals surface area contributed by atoms with Crippen LogP contribution in [0, 0.1) is 0 Å². The molecule has 206 valence electrons. The van der Waals surface area contributed by atoms with Crippen molar-refractivity contribution in [3.63, 3.8) is 0 Å². The van der Waals surface area contributed by atoms with Crippen molar-refractivity contribution in [1.82, 2.24) is 0 Å². The van der Waals surface area contributed by atoms with Crippen molar-refractivity contribution in [2.75, 3.05) is 19.8 Å². The standard InChI is InChI=1S/C28H58O6/c1-3-5-7-9-11-13-15-17-19-21-28(33,26(32)24-30)27(25(31)23-29)34-22-20-18-16-14-12-10-8-6-4-2/h25-27,29-33H,3-24H2,1-2H3. The largest absolute Gasteiger partial charge is 0.394 e. The topological polar surface area (TPSA) is 110 Å². The van der Waals surface area contributed by atoms with Crippen LogP contribution in [0.3, 0.4) is 0 Å². The zero-order chi connectivity index (χ0) is 25.5. The second kappa shape index (κ2) is 23.2. The second-order valence-electron chi connectivity index (χ2n) is 10.1. The first-order valence-electron chi connectivity index (χ1n) is 14.4. The predicted octanol–water partition coefficient (Wildman–Crippen LogP) is 5.26. The highest BCUT2D eigenvalue weighted by Crippen LogP contribution is 2.29. The Morgan fingerprint density at radius 1 is 0.588 bits per heavy atom. The van der Waals surface area contributed by atoms with Crippen LogP contribution in [-0.2, 0) is 4.74 Å². The van der Waals surface area contributed by atoms with Gasteiger partial charge in [0.15, 0.2) is 0 Å². The monoisotopic (exact) mass is 490 g/mol. The van der Waals surface area contributed by atoms with Crippen LogP contribution >= 0.6 is 0 Å². The van der Waals surface area contributed by atoms with E-state index in [1.165, 1.54) is 70.6 Å². The van der Waals surface area contributed by atoms with Crippen LogP contribution in [0.2, 0.25) is 0 Å². The summed E-state index contributed by atoms with van der Waals surface area (Å²) in [5, 5.41) is 51.1. The van der Waals surface area contributed by atoms with Crippen molar-refractivity contribution in [2.24, 2.45) is 0 Å². The van der Waals surface area contributed by atoms with Crippen molar-refractivity contribution >= 4 is 0 Å². The number of ether oxygens (including phenoxy) is 1. The van der Waals surface area contributed by atoms with E-state index in [0.717, 1.165) is 38.5 Å². The zero-order valence-electron chi connectivity index (χ0n) is 22.4. The maximum Gasteiger partial charge on any atom is 0.121 e. The van der Waals surface area contributed by atoms with Crippen LogP contribution < -0.4 is 0 Å². The average molecular weight is 491 g/mol. The maximum absolute atomic E-state index is 11.3. The van der Waals surface area contributed by atoms with E-state index in [2.05, 4.69) is 13.8 Å². The molecule has 0 heterocycles. The van der Waals surface area contributed by atoms with E-state index in [1.807, 2.05) is 0 Å². The molecule has 6 nitrogen and oxygen atoms in total. The van der Waals surface area contributed by atoms with Crippen LogP contribution in [0.15, 0.2) is 0 Å². The summed E-state index contributed by atoms with van der Waals surface area (Å²) in [5.41, 5.74) is -1.79. The van der Waals surface area contributed by atoms with E-state index in [-0.39, 0.29) is 6.42 Å². The van der Waals surface area contributed by atoms with Gasteiger partial charge in [-0.15, -0.1) is 0 Å². The smallest absolute Gasteiger partial charge is 0.121 e. The Morgan fingerprint density at radius 3 is 1.41 bits per heavy atom. The van der Waals surface area contributed by atoms with Gasteiger partial charge in [-0.1, -0.05) is 123 Å². The Kier molecular flexibility index (Phi) is 23.0. The minimum atomic E-state index is -1.79. The number of hydrogen-bond donors (Lipinski definition) is 5. The molecule has 0 aliphatic rings. The second-order valence-corrected chi connectivity index (χ2v) is 10.1. The van der Waals surface area contributed by atoms with Gasteiger partial charge in [-0.2, -0.15) is 0 Å². The predicted molar refractivity (Wildman–Crippen MR) is 140 cm³/mol. The lowest BCUT2D eigenvalue weighted by Gasteiger charge is -2.41. The molecular formula is C28H58O6. The maximum atomic E-state index is 11.3. The number of aliphatic hydroxyl groups is 5. The molecule has 0 aliphatic heterocycles. The van der Waals surface area contributed by atoms with Crippen LogP contribution in [0.25, 0.3) is 0 Å².